The average molecular weight is 529 g/mol. The van der Waals surface area contributed by atoms with E-state index in [4.69, 9.17) is 4.74 Å². The number of rotatable bonds is 11. The summed E-state index contributed by atoms with van der Waals surface area (Å²) in [6, 6.07) is 5.40. The molecule has 1 N–H and O–H groups in total. The molecule has 1 aromatic rings. The molecular weight excluding hydrogens is 484 g/mol. The zero-order chi connectivity index (χ0) is 28.1. The predicted molar refractivity (Wildman–Crippen MR) is 147 cm³/mol. The Morgan fingerprint density at radius 1 is 1.00 bits per heavy atom. The largest absolute Gasteiger partial charge is 0.378 e. The molecule has 9 heteroatoms. The third kappa shape index (κ3) is 6.73. The zero-order valence-electron chi connectivity index (χ0n) is 23.9. The lowest BCUT2D eigenvalue weighted by Gasteiger charge is -2.29. The number of carbonyl (C=O) groups is 4. The summed E-state index contributed by atoms with van der Waals surface area (Å²) in [5.41, 5.74) is 1.44. The van der Waals surface area contributed by atoms with Crippen LogP contribution in [0.2, 0.25) is 0 Å². The van der Waals surface area contributed by atoms with Crippen LogP contribution in [0.25, 0.3) is 0 Å². The second kappa shape index (κ2) is 12.7. The number of nitrogens with one attached hydrogen (secondary N) is 1. The van der Waals surface area contributed by atoms with Crippen LogP contribution < -0.4 is 10.2 Å². The third-order valence-electron chi connectivity index (χ3n) is 7.51. The monoisotopic (exact) mass is 528 g/mol. The summed E-state index contributed by atoms with van der Waals surface area (Å²) in [4.78, 5) is 58.3. The SMILES string of the molecule is COC(CCC(C)C)C(=O)N1CC(=O)C2C1CCN2C(=O)C(CC(C)C)NC(=O)c1ccc(N(C)C)cc1. The number of carbonyl (C=O) groups excluding carboxylic acids is 4. The van der Waals surface area contributed by atoms with Gasteiger partial charge in [-0.25, -0.2) is 0 Å². The summed E-state index contributed by atoms with van der Waals surface area (Å²) in [6.45, 7) is 8.54. The molecule has 2 aliphatic heterocycles. The Kier molecular flexibility index (Phi) is 9.93. The highest BCUT2D eigenvalue weighted by Gasteiger charge is 2.53. The Hall–Kier alpha value is -2.94. The molecule has 3 rings (SSSR count). The van der Waals surface area contributed by atoms with E-state index in [1.165, 1.54) is 7.11 Å². The maximum absolute atomic E-state index is 13.7. The fraction of sp³-hybridized carbons (Fsp3) is 0.655. The van der Waals surface area contributed by atoms with E-state index in [9.17, 15) is 19.2 Å². The predicted octanol–water partition coefficient (Wildman–Crippen LogP) is 2.73. The van der Waals surface area contributed by atoms with Crippen LogP contribution in [0.5, 0.6) is 0 Å². The van der Waals surface area contributed by atoms with Gasteiger partial charge in [0.25, 0.3) is 11.8 Å². The van der Waals surface area contributed by atoms with E-state index >= 15 is 0 Å². The van der Waals surface area contributed by atoms with Crippen molar-refractivity contribution in [2.24, 2.45) is 11.8 Å². The zero-order valence-corrected chi connectivity index (χ0v) is 23.9. The minimum absolute atomic E-state index is 0.0150. The van der Waals surface area contributed by atoms with Gasteiger partial charge < -0.3 is 24.8 Å². The number of nitrogens with zero attached hydrogens (tertiary/aromatic N) is 3. The van der Waals surface area contributed by atoms with E-state index < -0.39 is 18.2 Å². The van der Waals surface area contributed by atoms with Crippen LogP contribution in [0.3, 0.4) is 0 Å². The van der Waals surface area contributed by atoms with Crippen molar-refractivity contribution in [3.8, 4) is 0 Å². The van der Waals surface area contributed by atoms with E-state index in [1.54, 1.807) is 21.9 Å². The lowest BCUT2D eigenvalue weighted by molar-refractivity contribution is -0.144. The number of methoxy groups -OCH3 is 1. The first-order valence-corrected chi connectivity index (χ1v) is 13.7. The molecule has 0 aromatic heterocycles. The first kappa shape index (κ1) is 29.6. The maximum atomic E-state index is 13.7. The normalized spacial score (nSPS) is 20.6. The third-order valence-corrected chi connectivity index (χ3v) is 7.51. The van der Waals surface area contributed by atoms with Gasteiger partial charge >= 0.3 is 0 Å². The fourth-order valence-corrected chi connectivity index (χ4v) is 5.42. The van der Waals surface area contributed by atoms with Crippen molar-refractivity contribution in [2.45, 2.75) is 77.6 Å². The van der Waals surface area contributed by atoms with Crippen LogP contribution in [0.15, 0.2) is 24.3 Å². The van der Waals surface area contributed by atoms with Crippen molar-refractivity contribution >= 4 is 29.2 Å². The minimum Gasteiger partial charge on any atom is -0.378 e. The molecule has 38 heavy (non-hydrogen) atoms. The van der Waals surface area contributed by atoms with Gasteiger partial charge in [-0.2, -0.15) is 0 Å². The highest BCUT2D eigenvalue weighted by atomic mass is 16.5. The maximum Gasteiger partial charge on any atom is 0.252 e. The number of benzene rings is 1. The van der Waals surface area contributed by atoms with Crippen molar-refractivity contribution in [3.05, 3.63) is 29.8 Å². The van der Waals surface area contributed by atoms with Crippen molar-refractivity contribution in [1.82, 2.24) is 15.1 Å². The van der Waals surface area contributed by atoms with Crippen LogP contribution in [0.1, 0.15) is 63.7 Å². The summed E-state index contributed by atoms with van der Waals surface area (Å²) < 4.78 is 5.49. The fourth-order valence-electron chi connectivity index (χ4n) is 5.42. The Labute approximate surface area is 226 Å². The lowest BCUT2D eigenvalue weighted by atomic mass is 10.0. The quantitative estimate of drug-likeness (QED) is 0.474. The number of ether oxygens (including phenoxy) is 1. The molecule has 0 saturated carbocycles. The number of ketones is 1. The summed E-state index contributed by atoms with van der Waals surface area (Å²) >= 11 is 0. The van der Waals surface area contributed by atoms with E-state index in [1.807, 2.05) is 45.0 Å². The highest BCUT2D eigenvalue weighted by molar-refractivity contribution is 6.01. The standard InChI is InChI=1S/C29H44N4O5/c1-18(2)8-13-25(38-7)29(37)33-17-24(34)26-23(33)14-15-32(26)28(36)22(16-19(3)4)30-27(35)20-9-11-21(12-10-20)31(5)6/h9-12,18-19,22-23,25-26H,8,13-17H2,1-7H3,(H,30,35). The smallest absolute Gasteiger partial charge is 0.252 e. The molecule has 210 valence electrons. The molecule has 4 unspecified atom stereocenters. The molecule has 0 aliphatic carbocycles. The van der Waals surface area contributed by atoms with Gasteiger partial charge in [0, 0.05) is 39.0 Å². The Morgan fingerprint density at radius 2 is 1.66 bits per heavy atom. The molecule has 2 heterocycles. The second-order valence-electron chi connectivity index (χ2n) is 11.6. The molecule has 4 atom stereocenters. The van der Waals surface area contributed by atoms with Crippen LogP contribution in [0, 0.1) is 11.8 Å². The van der Waals surface area contributed by atoms with Crippen molar-refractivity contribution in [2.75, 3.05) is 39.2 Å². The molecule has 0 spiro atoms. The summed E-state index contributed by atoms with van der Waals surface area (Å²) in [6.07, 6.45) is 1.82. The number of amides is 3. The van der Waals surface area contributed by atoms with Crippen LogP contribution in [-0.2, 0) is 19.1 Å². The van der Waals surface area contributed by atoms with Gasteiger partial charge in [-0.05, 0) is 61.8 Å². The van der Waals surface area contributed by atoms with Gasteiger partial charge in [0.1, 0.15) is 18.2 Å². The molecule has 2 fully saturated rings. The number of hydrogen-bond acceptors (Lipinski definition) is 6. The average Bonchev–Trinajstić information content (AvgIpc) is 3.44. The first-order chi connectivity index (χ1) is 17.9. The van der Waals surface area contributed by atoms with E-state index in [2.05, 4.69) is 19.2 Å². The molecule has 3 amide bonds. The Morgan fingerprint density at radius 3 is 2.21 bits per heavy atom. The van der Waals surface area contributed by atoms with E-state index in [0.717, 1.165) is 12.1 Å². The van der Waals surface area contributed by atoms with Gasteiger partial charge in [0.15, 0.2) is 5.78 Å². The minimum atomic E-state index is -0.759. The van der Waals surface area contributed by atoms with Crippen molar-refractivity contribution < 1.29 is 23.9 Å². The molecule has 2 saturated heterocycles. The summed E-state index contributed by atoms with van der Waals surface area (Å²) in [7, 11) is 5.38. The first-order valence-electron chi connectivity index (χ1n) is 13.7. The van der Waals surface area contributed by atoms with Crippen molar-refractivity contribution in [1.29, 1.82) is 0 Å². The van der Waals surface area contributed by atoms with Crippen LogP contribution in [0.4, 0.5) is 5.69 Å². The topological polar surface area (TPSA) is 99.3 Å². The van der Waals surface area contributed by atoms with Gasteiger partial charge in [0.2, 0.25) is 5.91 Å². The highest BCUT2D eigenvalue weighted by Crippen LogP contribution is 2.32. The number of likely N-dealkylation sites (tertiary alicyclic amines) is 2. The van der Waals surface area contributed by atoms with Crippen LogP contribution in [-0.4, -0.2) is 91.8 Å². The molecular formula is C29H44N4O5. The van der Waals surface area contributed by atoms with Gasteiger partial charge in [-0.15, -0.1) is 0 Å². The van der Waals surface area contributed by atoms with Crippen molar-refractivity contribution in [3.63, 3.8) is 0 Å². The van der Waals surface area contributed by atoms with Crippen LogP contribution >= 0.6 is 0 Å². The number of fused-ring (bicyclic) bond motifs is 1. The molecule has 2 aliphatic rings. The van der Waals surface area contributed by atoms with E-state index in [0.29, 0.717) is 37.3 Å². The Balaban J connectivity index is 1.73. The molecule has 9 nitrogen and oxygen atoms in total. The second-order valence-corrected chi connectivity index (χ2v) is 11.6. The summed E-state index contributed by atoms with van der Waals surface area (Å²) in [5.74, 6) is -0.326. The molecule has 0 bridgehead atoms. The number of Topliss-reactive ketones (excluding diaryl/α,β-unsaturated/α-hetero) is 1. The van der Waals surface area contributed by atoms with Gasteiger partial charge in [0.05, 0.1) is 12.6 Å². The van der Waals surface area contributed by atoms with E-state index in [-0.39, 0.29) is 42.0 Å². The summed E-state index contributed by atoms with van der Waals surface area (Å²) in [5, 5.41) is 2.92. The van der Waals surface area contributed by atoms with Gasteiger partial charge in [-0.1, -0.05) is 27.7 Å². The number of hydrogen-bond donors (Lipinski definition) is 1. The Bertz CT molecular complexity index is 1010. The lowest BCUT2D eigenvalue weighted by Crippen LogP contribution is -2.53. The van der Waals surface area contributed by atoms with Gasteiger partial charge in [-0.3, -0.25) is 19.2 Å². The number of anilines is 1. The molecule has 0 radical (unpaired) electrons. The molecule has 1 aromatic carbocycles.